The fourth-order valence-electron chi connectivity index (χ4n) is 2.00. The highest BCUT2D eigenvalue weighted by Gasteiger charge is 2.11. The number of ether oxygens (including phenoxy) is 1. The van der Waals surface area contributed by atoms with Crippen molar-refractivity contribution in [2.45, 2.75) is 19.8 Å². The van der Waals surface area contributed by atoms with E-state index in [0.717, 1.165) is 28.9 Å². The predicted molar refractivity (Wildman–Crippen MR) is 76.1 cm³/mol. The second kappa shape index (κ2) is 5.57. The maximum atomic E-state index is 5.43. The Morgan fingerprint density at radius 1 is 1.39 bits per heavy atom. The molecule has 4 heteroatoms. The van der Waals surface area contributed by atoms with Gasteiger partial charge in [0, 0.05) is 19.0 Å². The number of imidazole rings is 1. The van der Waals surface area contributed by atoms with E-state index >= 15 is 0 Å². The number of aromatic nitrogens is 2. The molecule has 0 unspecified atom stereocenters. The Bertz CT molecular complexity index is 529. The molecule has 1 heterocycles. The molecule has 1 aromatic heterocycles. The van der Waals surface area contributed by atoms with Crippen LogP contribution in [-0.4, -0.2) is 16.7 Å². The van der Waals surface area contributed by atoms with Gasteiger partial charge in [-0.1, -0.05) is 19.1 Å². The zero-order chi connectivity index (χ0) is 13.1. The molecule has 0 aliphatic carbocycles. The van der Waals surface area contributed by atoms with Crippen LogP contribution in [0.4, 0.5) is 0 Å². The van der Waals surface area contributed by atoms with Gasteiger partial charge >= 0.3 is 0 Å². The molecule has 0 N–H and O–H groups in total. The molecular formula is C14H17BrN2O. The summed E-state index contributed by atoms with van der Waals surface area (Å²) >= 11 is 3.48. The van der Waals surface area contributed by atoms with Crippen molar-refractivity contribution in [3.8, 4) is 5.75 Å². The van der Waals surface area contributed by atoms with Crippen molar-refractivity contribution >= 4 is 15.9 Å². The van der Waals surface area contributed by atoms with Crippen LogP contribution in [0.15, 0.2) is 29.1 Å². The van der Waals surface area contributed by atoms with Crippen LogP contribution in [0.2, 0.25) is 0 Å². The summed E-state index contributed by atoms with van der Waals surface area (Å²) in [4.78, 5) is 4.25. The molecule has 18 heavy (non-hydrogen) atoms. The lowest BCUT2D eigenvalue weighted by atomic mass is 10.0. The minimum absolute atomic E-state index is 0.814. The minimum atomic E-state index is 0.814. The van der Waals surface area contributed by atoms with E-state index in [4.69, 9.17) is 4.74 Å². The third-order valence-corrected chi connectivity index (χ3v) is 3.78. The molecular weight excluding hydrogens is 292 g/mol. The van der Waals surface area contributed by atoms with Gasteiger partial charge in [-0.05, 0) is 34.0 Å². The van der Waals surface area contributed by atoms with E-state index in [2.05, 4.69) is 40.0 Å². The van der Waals surface area contributed by atoms with Gasteiger partial charge in [0.2, 0.25) is 0 Å². The lowest BCUT2D eigenvalue weighted by Gasteiger charge is -2.11. The molecule has 96 valence electrons. The molecule has 0 saturated heterocycles. The Hall–Kier alpha value is -1.29. The van der Waals surface area contributed by atoms with Crippen molar-refractivity contribution in [2.24, 2.45) is 7.05 Å². The Morgan fingerprint density at radius 3 is 2.72 bits per heavy atom. The average Bonchev–Trinajstić information content (AvgIpc) is 2.70. The van der Waals surface area contributed by atoms with Gasteiger partial charge in [0.25, 0.3) is 0 Å². The highest BCUT2D eigenvalue weighted by atomic mass is 79.9. The van der Waals surface area contributed by atoms with Gasteiger partial charge in [-0.25, -0.2) is 4.98 Å². The van der Waals surface area contributed by atoms with Crippen LogP contribution in [0.1, 0.15) is 23.7 Å². The molecule has 1 aromatic carbocycles. The number of aryl methyl sites for hydroxylation is 2. The molecule has 0 amide bonds. The predicted octanol–water partition coefficient (Wildman–Crippen LogP) is 3.34. The maximum absolute atomic E-state index is 5.43. The van der Waals surface area contributed by atoms with Gasteiger partial charge in [0.05, 0.1) is 19.1 Å². The van der Waals surface area contributed by atoms with Gasteiger partial charge in [0.15, 0.2) is 0 Å². The zero-order valence-corrected chi connectivity index (χ0v) is 12.5. The zero-order valence-electron chi connectivity index (χ0n) is 10.9. The Balaban J connectivity index is 2.38. The molecule has 0 fully saturated rings. The second-order valence-electron chi connectivity index (χ2n) is 4.27. The number of hydrogen-bond donors (Lipinski definition) is 0. The molecule has 0 atom stereocenters. The van der Waals surface area contributed by atoms with Crippen molar-refractivity contribution < 1.29 is 4.74 Å². The number of halogens is 1. The summed E-state index contributed by atoms with van der Waals surface area (Å²) < 4.78 is 8.36. The highest BCUT2D eigenvalue weighted by Crippen LogP contribution is 2.25. The Morgan fingerprint density at radius 2 is 2.17 bits per heavy atom. The average molecular weight is 309 g/mol. The first kappa shape index (κ1) is 13.1. The van der Waals surface area contributed by atoms with Crippen molar-refractivity contribution in [1.82, 2.24) is 9.55 Å². The van der Waals surface area contributed by atoms with Gasteiger partial charge < -0.3 is 9.30 Å². The summed E-state index contributed by atoms with van der Waals surface area (Å²) in [6.45, 7) is 2.16. The summed E-state index contributed by atoms with van der Waals surface area (Å²) in [5.74, 6) is 0.931. The van der Waals surface area contributed by atoms with Crippen LogP contribution in [-0.2, 0) is 19.9 Å². The van der Waals surface area contributed by atoms with Crippen LogP contribution < -0.4 is 4.74 Å². The fourth-order valence-corrected chi connectivity index (χ4v) is 2.51. The second-order valence-corrected chi connectivity index (χ2v) is 5.02. The summed E-state index contributed by atoms with van der Waals surface area (Å²) in [5.41, 5.74) is 3.67. The van der Waals surface area contributed by atoms with E-state index in [9.17, 15) is 0 Å². The molecule has 2 aromatic rings. The normalized spacial score (nSPS) is 10.7. The Labute approximate surface area is 116 Å². The van der Waals surface area contributed by atoms with Gasteiger partial charge in [-0.3, -0.25) is 0 Å². The third kappa shape index (κ3) is 2.58. The number of hydrogen-bond acceptors (Lipinski definition) is 2. The van der Waals surface area contributed by atoms with Crippen LogP contribution in [0.5, 0.6) is 5.75 Å². The number of nitrogens with zero attached hydrogens (tertiary/aromatic N) is 2. The molecule has 0 radical (unpaired) electrons. The molecule has 0 spiro atoms. The third-order valence-electron chi connectivity index (χ3n) is 3.12. The van der Waals surface area contributed by atoms with Crippen molar-refractivity contribution in [3.05, 3.63) is 46.0 Å². The van der Waals surface area contributed by atoms with Crippen LogP contribution in [0.25, 0.3) is 0 Å². The van der Waals surface area contributed by atoms with E-state index in [0.29, 0.717) is 0 Å². The topological polar surface area (TPSA) is 27.1 Å². The van der Waals surface area contributed by atoms with Crippen molar-refractivity contribution in [3.63, 3.8) is 0 Å². The van der Waals surface area contributed by atoms with Crippen LogP contribution >= 0.6 is 15.9 Å². The summed E-state index contributed by atoms with van der Waals surface area (Å²) in [5, 5.41) is 0. The van der Waals surface area contributed by atoms with Crippen LogP contribution in [0.3, 0.4) is 0 Å². The molecule has 2 rings (SSSR count). The number of benzene rings is 1. The van der Waals surface area contributed by atoms with E-state index in [1.807, 2.05) is 24.0 Å². The summed E-state index contributed by atoms with van der Waals surface area (Å²) in [6, 6.07) is 6.36. The van der Waals surface area contributed by atoms with Crippen molar-refractivity contribution in [2.75, 3.05) is 7.11 Å². The first-order valence-electron chi connectivity index (χ1n) is 5.97. The molecule has 0 bridgehead atoms. The smallest absolute Gasteiger partial charge is 0.127 e. The molecule has 0 saturated carbocycles. The number of methoxy groups -OCH3 is 1. The van der Waals surface area contributed by atoms with E-state index in [1.165, 1.54) is 11.1 Å². The molecule has 0 aliphatic rings. The lowest BCUT2D eigenvalue weighted by Crippen LogP contribution is -2.00. The summed E-state index contributed by atoms with van der Waals surface area (Å²) in [6.07, 6.45) is 3.66. The minimum Gasteiger partial charge on any atom is -0.496 e. The van der Waals surface area contributed by atoms with E-state index in [-0.39, 0.29) is 0 Å². The van der Waals surface area contributed by atoms with E-state index < -0.39 is 0 Å². The first-order valence-corrected chi connectivity index (χ1v) is 6.76. The fraction of sp³-hybridized carbons (Fsp3) is 0.357. The van der Waals surface area contributed by atoms with Gasteiger partial charge in [-0.15, -0.1) is 0 Å². The SMILES string of the molecule is CCc1ccc(OC)c(Cc2c(Br)ncn2C)c1. The lowest BCUT2D eigenvalue weighted by molar-refractivity contribution is 0.410. The van der Waals surface area contributed by atoms with Crippen molar-refractivity contribution in [1.29, 1.82) is 0 Å². The maximum Gasteiger partial charge on any atom is 0.127 e. The molecule has 3 nitrogen and oxygen atoms in total. The first-order chi connectivity index (χ1) is 8.65. The van der Waals surface area contributed by atoms with Gasteiger partial charge in [0.1, 0.15) is 10.4 Å². The Kier molecular flexibility index (Phi) is 4.07. The highest BCUT2D eigenvalue weighted by molar-refractivity contribution is 9.10. The standard InChI is InChI=1S/C14H17BrN2O/c1-4-10-5-6-13(18-3)11(7-10)8-12-14(15)16-9-17(12)2/h5-7,9H,4,8H2,1-3H3. The van der Waals surface area contributed by atoms with Gasteiger partial charge in [-0.2, -0.15) is 0 Å². The monoisotopic (exact) mass is 308 g/mol. The molecule has 0 aliphatic heterocycles. The van der Waals surface area contributed by atoms with Crippen LogP contribution in [0, 0.1) is 0 Å². The summed E-state index contributed by atoms with van der Waals surface area (Å²) in [7, 11) is 3.71. The number of rotatable bonds is 4. The van der Waals surface area contributed by atoms with E-state index in [1.54, 1.807) is 7.11 Å². The largest absolute Gasteiger partial charge is 0.496 e. The quantitative estimate of drug-likeness (QED) is 0.866.